The second-order valence-corrected chi connectivity index (χ2v) is 8.02. The summed E-state index contributed by atoms with van der Waals surface area (Å²) in [5.74, 6) is -0.244. The van der Waals surface area contributed by atoms with E-state index in [4.69, 9.17) is 0 Å². The number of hydrogen-bond donors (Lipinski definition) is 2. The summed E-state index contributed by atoms with van der Waals surface area (Å²) >= 11 is 1.66. The van der Waals surface area contributed by atoms with E-state index in [9.17, 15) is 9.59 Å². The van der Waals surface area contributed by atoms with Crippen LogP contribution in [-0.2, 0) is 17.6 Å². The molecule has 2 heterocycles. The van der Waals surface area contributed by atoms with Crippen LogP contribution >= 0.6 is 11.3 Å². The monoisotopic (exact) mass is 400 g/mol. The lowest BCUT2D eigenvalue weighted by atomic mass is 10.1. The summed E-state index contributed by atoms with van der Waals surface area (Å²) in [6, 6.07) is 14.1. The minimum Gasteiger partial charge on any atom is -0.337 e. The summed E-state index contributed by atoms with van der Waals surface area (Å²) < 4.78 is 0. The lowest BCUT2D eigenvalue weighted by Gasteiger charge is -2.34. The number of amides is 3. The van der Waals surface area contributed by atoms with E-state index in [0.29, 0.717) is 6.54 Å². The first-order valence-electron chi connectivity index (χ1n) is 9.78. The summed E-state index contributed by atoms with van der Waals surface area (Å²) in [7, 11) is 0. The maximum absolute atomic E-state index is 12.1. The largest absolute Gasteiger partial charge is 0.337 e. The van der Waals surface area contributed by atoms with Crippen molar-refractivity contribution in [2.45, 2.75) is 12.8 Å². The lowest BCUT2D eigenvalue weighted by Crippen LogP contribution is -2.51. The molecular formula is C21H28N4O2S. The van der Waals surface area contributed by atoms with Gasteiger partial charge in [-0.2, -0.15) is 0 Å². The average Bonchev–Trinajstić information content (AvgIpc) is 3.21. The van der Waals surface area contributed by atoms with E-state index in [2.05, 4.69) is 44.7 Å². The Morgan fingerprint density at radius 3 is 2.39 bits per heavy atom. The fourth-order valence-electron chi connectivity index (χ4n) is 3.27. The van der Waals surface area contributed by atoms with Gasteiger partial charge in [0.25, 0.3) is 0 Å². The van der Waals surface area contributed by atoms with Crippen LogP contribution in [0.5, 0.6) is 0 Å². The number of thiophene rings is 1. The van der Waals surface area contributed by atoms with E-state index in [1.807, 2.05) is 23.6 Å². The van der Waals surface area contributed by atoms with E-state index in [0.717, 1.165) is 45.6 Å². The van der Waals surface area contributed by atoms with E-state index in [1.165, 1.54) is 10.4 Å². The highest BCUT2D eigenvalue weighted by atomic mass is 32.1. The highest BCUT2D eigenvalue weighted by Crippen LogP contribution is 2.08. The number of benzene rings is 1. The molecule has 150 valence electrons. The third kappa shape index (κ3) is 7.07. The molecule has 0 aliphatic carbocycles. The number of hydrogen-bond acceptors (Lipinski definition) is 5. The number of rotatable bonds is 8. The molecule has 6 nitrogen and oxygen atoms in total. The van der Waals surface area contributed by atoms with Crippen LogP contribution in [0, 0.1) is 0 Å². The Morgan fingerprint density at radius 1 is 0.929 bits per heavy atom. The van der Waals surface area contributed by atoms with Crippen molar-refractivity contribution < 1.29 is 9.59 Å². The quantitative estimate of drug-likeness (QED) is 0.711. The third-order valence-electron chi connectivity index (χ3n) is 4.88. The summed E-state index contributed by atoms with van der Waals surface area (Å²) in [6.07, 6.45) is 1.83. The maximum atomic E-state index is 12.1. The van der Waals surface area contributed by atoms with Gasteiger partial charge in [0, 0.05) is 44.1 Å². The van der Waals surface area contributed by atoms with Crippen molar-refractivity contribution in [1.29, 1.82) is 0 Å². The van der Waals surface area contributed by atoms with Crippen LogP contribution in [-0.4, -0.2) is 67.6 Å². The van der Waals surface area contributed by atoms with Crippen molar-refractivity contribution in [1.82, 2.24) is 20.4 Å². The molecule has 7 heteroatoms. The Labute approximate surface area is 170 Å². The van der Waals surface area contributed by atoms with Crippen LogP contribution in [0.2, 0.25) is 0 Å². The van der Waals surface area contributed by atoms with Gasteiger partial charge >= 0.3 is 6.03 Å². The second kappa shape index (κ2) is 10.9. The zero-order valence-electron chi connectivity index (χ0n) is 16.1. The Morgan fingerprint density at radius 2 is 1.68 bits per heavy atom. The summed E-state index contributed by atoms with van der Waals surface area (Å²) in [6.45, 7) is 5.44. The zero-order chi connectivity index (χ0) is 19.6. The van der Waals surface area contributed by atoms with E-state index in [-0.39, 0.29) is 12.5 Å². The minimum absolute atomic E-state index is 0.244. The van der Waals surface area contributed by atoms with Gasteiger partial charge in [0.2, 0.25) is 5.91 Å². The normalized spacial score (nSPS) is 15.3. The molecule has 0 unspecified atom stereocenters. The van der Waals surface area contributed by atoms with Crippen LogP contribution < -0.4 is 10.6 Å². The Bertz CT molecular complexity index is 728. The van der Waals surface area contributed by atoms with Gasteiger partial charge in [-0.3, -0.25) is 15.0 Å². The Hall–Kier alpha value is -2.22. The van der Waals surface area contributed by atoms with Crippen molar-refractivity contribution in [2.24, 2.45) is 0 Å². The predicted octanol–water partition coefficient (Wildman–Crippen LogP) is 1.98. The van der Waals surface area contributed by atoms with E-state index >= 15 is 0 Å². The number of piperazine rings is 1. The van der Waals surface area contributed by atoms with Crippen LogP contribution in [0.4, 0.5) is 4.79 Å². The van der Waals surface area contributed by atoms with Crippen molar-refractivity contribution in [2.75, 3.05) is 45.8 Å². The first kappa shape index (κ1) is 20.5. The minimum atomic E-state index is -0.414. The first-order valence-corrected chi connectivity index (χ1v) is 10.7. The molecule has 1 aliphatic rings. The smallest absolute Gasteiger partial charge is 0.321 e. The van der Waals surface area contributed by atoms with Crippen molar-refractivity contribution in [3.8, 4) is 0 Å². The van der Waals surface area contributed by atoms with Crippen molar-refractivity contribution >= 4 is 23.3 Å². The number of urea groups is 1. The molecule has 1 aromatic carbocycles. The van der Waals surface area contributed by atoms with Gasteiger partial charge in [-0.15, -0.1) is 11.3 Å². The molecule has 0 radical (unpaired) electrons. The van der Waals surface area contributed by atoms with Crippen LogP contribution in [0.3, 0.4) is 0 Å². The molecule has 1 aliphatic heterocycles. The topological polar surface area (TPSA) is 64.7 Å². The Kier molecular flexibility index (Phi) is 8.02. The highest BCUT2D eigenvalue weighted by Gasteiger charge is 2.19. The fourth-order valence-corrected chi connectivity index (χ4v) is 3.98. The molecule has 0 atom stereocenters. The van der Waals surface area contributed by atoms with Crippen LogP contribution in [0.1, 0.15) is 10.4 Å². The third-order valence-corrected chi connectivity index (χ3v) is 5.82. The van der Waals surface area contributed by atoms with Gasteiger partial charge in [-0.05, 0) is 29.9 Å². The molecule has 0 spiro atoms. The molecular weight excluding hydrogens is 372 g/mol. The lowest BCUT2D eigenvalue weighted by molar-refractivity contribution is -0.121. The molecule has 3 amide bonds. The standard InChI is InChI=1S/C21H28N4O2S/c26-20(23-21(27)22-10-8-19-7-4-16-28-19)17-25-14-12-24(13-15-25)11-9-18-5-2-1-3-6-18/h1-7,16H,8-15,17H2,(H2,22,23,26,27). The summed E-state index contributed by atoms with van der Waals surface area (Å²) in [4.78, 5) is 29.7. The van der Waals surface area contributed by atoms with Gasteiger partial charge < -0.3 is 10.2 Å². The summed E-state index contributed by atoms with van der Waals surface area (Å²) in [5, 5.41) is 7.18. The van der Waals surface area contributed by atoms with Crippen LogP contribution in [0.25, 0.3) is 0 Å². The molecule has 2 N–H and O–H groups in total. The first-order chi connectivity index (χ1) is 13.7. The highest BCUT2D eigenvalue weighted by molar-refractivity contribution is 7.09. The molecule has 0 saturated carbocycles. The second-order valence-electron chi connectivity index (χ2n) is 6.99. The number of imide groups is 1. The molecule has 1 saturated heterocycles. The van der Waals surface area contributed by atoms with Gasteiger partial charge in [0.05, 0.1) is 6.54 Å². The molecule has 28 heavy (non-hydrogen) atoms. The molecule has 2 aromatic rings. The maximum Gasteiger partial charge on any atom is 0.321 e. The number of carbonyl (C=O) groups is 2. The van der Waals surface area contributed by atoms with Gasteiger partial charge in [0.1, 0.15) is 0 Å². The van der Waals surface area contributed by atoms with Gasteiger partial charge in [0.15, 0.2) is 0 Å². The SMILES string of the molecule is O=C(CN1CCN(CCc2ccccc2)CC1)NC(=O)NCCc1cccs1. The number of nitrogens with one attached hydrogen (secondary N) is 2. The summed E-state index contributed by atoms with van der Waals surface area (Å²) in [5.41, 5.74) is 1.36. The molecule has 3 rings (SSSR count). The molecule has 1 fully saturated rings. The van der Waals surface area contributed by atoms with Crippen molar-refractivity contribution in [3.63, 3.8) is 0 Å². The Balaban J connectivity index is 1.27. The zero-order valence-corrected chi connectivity index (χ0v) is 16.9. The molecule has 1 aromatic heterocycles. The van der Waals surface area contributed by atoms with E-state index < -0.39 is 6.03 Å². The van der Waals surface area contributed by atoms with Gasteiger partial charge in [-0.25, -0.2) is 4.79 Å². The molecule has 0 bridgehead atoms. The number of carbonyl (C=O) groups excluding carboxylic acids is 2. The average molecular weight is 401 g/mol. The van der Waals surface area contributed by atoms with Crippen molar-refractivity contribution in [3.05, 3.63) is 58.3 Å². The van der Waals surface area contributed by atoms with E-state index in [1.54, 1.807) is 11.3 Å². The predicted molar refractivity (Wildman–Crippen MR) is 113 cm³/mol. The fraction of sp³-hybridized carbons (Fsp3) is 0.429. The van der Waals surface area contributed by atoms with Gasteiger partial charge in [-0.1, -0.05) is 36.4 Å². The number of nitrogens with zero attached hydrogens (tertiary/aromatic N) is 2. The van der Waals surface area contributed by atoms with Crippen LogP contribution in [0.15, 0.2) is 47.8 Å².